The molecule has 8 heteroatoms. The lowest BCUT2D eigenvalue weighted by Gasteiger charge is -2.20. The quantitative estimate of drug-likeness (QED) is 0.406. The van der Waals surface area contributed by atoms with Crippen LogP contribution in [0.1, 0.15) is 28.7 Å². The fourth-order valence-electron chi connectivity index (χ4n) is 3.31. The van der Waals surface area contributed by atoms with Gasteiger partial charge < -0.3 is 4.74 Å². The molecule has 0 unspecified atom stereocenters. The van der Waals surface area contributed by atoms with Crippen molar-refractivity contribution in [2.24, 2.45) is 0 Å². The summed E-state index contributed by atoms with van der Waals surface area (Å²) in [5.74, 6) is 0.467. The van der Waals surface area contributed by atoms with E-state index in [0.29, 0.717) is 40.2 Å². The third-order valence-electron chi connectivity index (χ3n) is 4.75. The van der Waals surface area contributed by atoms with Crippen LogP contribution in [-0.2, 0) is 13.1 Å². The monoisotopic (exact) mass is 440 g/mol. The lowest BCUT2D eigenvalue weighted by molar-refractivity contribution is 0.0975. The molecule has 0 spiro atoms. The van der Waals surface area contributed by atoms with Crippen molar-refractivity contribution >= 4 is 44.2 Å². The van der Waals surface area contributed by atoms with E-state index < -0.39 is 0 Å². The number of ether oxygens (including phenoxy) is 1. The average molecular weight is 441 g/mol. The molecule has 0 bridgehead atoms. The van der Waals surface area contributed by atoms with Crippen LogP contribution in [0.2, 0.25) is 5.02 Å². The van der Waals surface area contributed by atoms with Gasteiger partial charge in [-0.1, -0.05) is 53.3 Å². The maximum Gasteiger partial charge on any atom is 0.278 e. The van der Waals surface area contributed by atoms with Crippen molar-refractivity contribution in [3.8, 4) is 5.75 Å². The third kappa shape index (κ3) is 3.78. The molecule has 0 aliphatic rings. The van der Waals surface area contributed by atoms with E-state index in [-0.39, 0.29) is 5.91 Å². The van der Waals surface area contributed by atoms with Crippen LogP contribution in [0.4, 0.5) is 5.13 Å². The molecule has 30 heavy (non-hydrogen) atoms. The van der Waals surface area contributed by atoms with Gasteiger partial charge in [0, 0.05) is 6.54 Å². The molecule has 6 nitrogen and oxygen atoms in total. The first-order valence-electron chi connectivity index (χ1n) is 9.55. The molecule has 0 radical (unpaired) electrons. The number of hydrogen-bond acceptors (Lipinski definition) is 5. The SMILES string of the molecule is CCn1nc(C)cc1C(=O)N(Cc1ccccc1)c1nc2c(OC)ccc(Cl)c2s1. The van der Waals surface area contributed by atoms with E-state index in [1.807, 2.05) is 50.2 Å². The topological polar surface area (TPSA) is 60.2 Å². The summed E-state index contributed by atoms with van der Waals surface area (Å²) in [4.78, 5) is 20.0. The molecule has 0 atom stereocenters. The first kappa shape index (κ1) is 20.4. The van der Waals surface area contributed by atoms with Crippen LogP contribution in [0.5, 0.6) is 5.75 Å². The van der Waals surface area contributed by atoms with Crippen molar-refractivity contribution in [2.75, 3.05) is 12.0 Å². The highest BCUT2D eigenvalue weighted by atomic mass is 35.5. The van der Waals surface area contributed by atoms with Gasteiger partial charge in [-0.3, -0.25) is 14.4 Å². The van der Waals surface area contributed by atoms with E-state index in [2.05, 4.69) is 5.10 Å². The number of thiazole rings is 1. The molecule has 2 aromatic carbocycles. The Morgan fingerprint density at radius 1 is 1.23 bits per heavy atom. The van der Waals surface area contributed by atoms with E-state index in [9.17, 15) is 4.79 Å². The molecule has 1 amide bonds. The molecule has 4 aromatic rings. The minimum atomic E-state index is -0.157. The molecule has 154 valence electrons. The second-order valence-electron chi connectivity index (χ2n) is 6.79. The molecule has 0 aliphatic carbocycles. The number of carbonyl (C=O) groups excluding carboxylic acids is 1. The molecule has 4 rings (SSSR count). The summed E-state index contributed by atoms with van der Waals surface area (Å²) in [7, 11) is 1.59. The van der Waals surface area contributed by atoms with Gasteiger partial charge in [0.05, 0.1) is 29.1 Å². The molecule has 2 aromatic heterocycles. The standard InChI is InChI=1S/C22H21ClN4O2S/c1-4-27-17(12-14(2)25-27)21(28)26(13-15-8-6-5-7-9-15)22-24-19-18(29-3)11-10-16(23)20(19)30-22/h5-12H,4,13H2,1-3H3. The van der Waals surface area contributed by atoms with E-state index in [1.165, 1.54) is 11.3 Å². The maximum absolute atomic E-state index is 13.6. The van der Waals surface area contributed by atoms with Gasteiger partial charge in [0.1, 0.15) is 17.0 Å². The van der Waals surface area contributed by atoms with Gasteiger partial charge in [0.15, 0.2) is 5.13 Å². The highest BCUT2D eigenvalue weighted by Gasteiger charge is 2.26. The molecular weight excluding hydrogens is 420 g/mol. The van der Waals surface area contributed by atoms with Gasteiger partial charge in [-0.2, -0.15) is 5.10 Å². The molecule has 0 aliphatic heterocycles. The number of anilines is 1. The zero-order chi connectivity index (χ0) is 21.3. The van der Waals surface area contributed by atoms with Crippen molar-refractivity contribution in [2.45, 2.75) is 26.9 Å². The summed E-state index contributed by atoms with van der Waals surface area (Å²) in [6.45, 7) is 4.83. The van der Waals surface area contributed by atoms with Crippen LogP contribution in [0.3, 0.4) is 0 Å². The van der Waals surface area contributed by atoms with Gasteiger partial charge in [-0.25, -0.2) is 4.98 Å². The molecule has 0 saturated heterocycles. The number of methoxy groups -OCH3 is 1. The largest absolute Gasteiger partial charge is 0.494 e. The van der Waals surface area contributed by atoms with Crippen molar-refractivity contribution < 1.29 is 9.53 Å². The van der Waals surface area contributed by atoms with Crippen molar-refractivity contribution in [3.05, 3.63) is 70.5 Å². The number of halogens is 1. The van der Waals surface area contributed by atoms with Crippen LogP contribution < -0.4 is 9.64 Å². The highest BCUT2D eigenvalue weighted by Crippen LogP contribution is 2.39. The van der Waals surface area contributed by atoms with Crippen molar-refractivity contribution in [1.82, 2.24) is 14.8 Å². The summed E-state index contributed by atoms with van der Waals surface area (Å²) >= 11 is 7.79. The van der Waals surface area contributed by atoms with Crippen molar-refractivity contribution in [1.29, 1.82) is 0 Å². The molecule has 0 saturated carbocycles. The number of aromatic nitrogens is 3. The van der Waals surface area contributed by atoms with Crippen LogP contribution in [0.15, 0.2) is 48.5 Å². The van der Waals surface area contributed by atoms with Gasteiger partial charge in [0.2, 0.25) is 0 Å². The molecule has 0 N–H and O–H groups in total. The smallest absolute Gasteiger partial charge is 0.278 e. The van der Waals surface area contributed by atoms with E-state index in [1.54, 1.807) is 28.8 Å². The number of hydrogen-bond donors (Lipinski definition) is 0. The summed E-state index contributed by atoms with van der Waals surface area (Å²) in [5, 5.41) is 5.57. The van der Waals surface area contributed by atoms with Gasteiger partial charge in [-0.05, 0) is 37.6 Å². The zero-order valence-corrected chi connectivity index (χ0v) is 18.5. The van der Waals surface area contributed by atoms with E-state index in [0.717, 1.165) is 16.0 Å². The summed E-state index contributed by atoms with van der Waals surface area (Å²) in [6, 6.07) is 15.2. The fourth-order valence-corrected chi connectivity index (χ4v) is 4.56. The summed E-state index contributed by atoms with van der Waals surface area (Å²) in [6.07, 6.45) is 0. The van der Waals surface area contributed by atoms with Crippen LogP contribution in [-0.4, -0.2) is 27.8 Å². The Morgan fingerprint density at radius 2 is 2.00 bits per heavy atom. The minimum absolute atomic E-state index is 0.157. The van der Waals surface area contributed by atoms with E-state index in [4.69, 9.17) is 21.3 Å². The Morgan fingerprint density at radius 3 is 2.70 bits per heavy atom. The van der Waals surface area contributed by atoms with Crippen molar-refractivity contribution in [3.63, 3.8) is 0 Å². The normalized spacial score (nSPS) is 11.1. The Hall–Kier alpha value is -2.90. The minimum Gasteiger partial charge on any atom is -0.494 e. The Balaban J connectivity index is 1.84. The summed E-state index contributed by atoms with van der Waals surface area (Å²) in [5.41, 5.74) is 2.98. The molecule has 2 heterocycles. The lowest BCUT2D eigenvalue weighted by Crippen LogP contribution is -2.32. The Kier molecular flexibility index (Phi) is 5.74. The number of amides is 1. The number of nitrogens with zero attached hydrogens (tertiary/aromatic N) is 4. The predicted octanol–water partition coefficient (Wildman–Crippen LogP) is 5.33. The Labute approximate surface area is 183 Å². The lowest BCUT2D eigenvalue weighted by atomic mass is 10.2. The number of carbonyl (C=O) groups is 1. The van der Waals surface area contributed by atoms with E-state index >= 15 is 0 Å². The number of aryl methyl sites for hydroxylation is 2. The number of fused-ring (bicyclic) bond motifs is 1. The molecule has 0 fully saturated rings. The van der Waals surface area contributed by atoms with Gasteiger partial charge in [-0.15, -0.1) is 0 Å². The second-order valence-corrected chi connectivity index (χ2v) is 8.17. The second kappa shape index (κ2) is 8.45. The average Bonchev–Trinajstić information content (AvgIpc) is 3.37. The maximum atomic E-state index is 13.6. The highest BCUT2D eigenvalue weighted by molar-refractivity contribution is 7.23. The first-order valence-corrected chi connectivity index (χ1v) is 10.7. The number of benzene rings is 2. The van der Waals surface area contributed by atoms with Gasteiger partial charge >= 0.3 is 0 Å². The Bertz CT molecular complexity index is 1200. The van der Waals surface area contributed by atoms with Crippen LogP contribution >= 0.6 is 22.9 Å². The molecular formula is C22H21ClN4O2S. The first-order chi connectivity index (χ1) is 14.5. The summed E-state index contributed by atoms with van der Waals surface area (Å²) < 4.78 is 7.95. The third-order valence-corrected chi connectivity index (χ3v) is 6.29. The zero-order valence-electron chi connectivity index (χ0n) is 16.9. The fraction of sp³-hybridized carbons (Fsp3) is 0.227. The van der Waals surface area contributed by atoms with Gasteiger partial charge in [0.25, 0.3) is 5.91 Å². The number of rotatable bonds is 6. The predicted molar refractivity (Wildman–Crippen MR) is 121 cm³/mol. The van der Waals surface area contributed by atoms with Crippen LogP contribution in [0.25, 0.3) is 10.2 Å². The van der Waals surface area contributed by atoms with Crippen LogP contribution in [0, 0.1) is 6.92 Å².